The van der Waals surface area contributed by atoms with Gasteiger partial charge >= 0.3 is 0 Å². The molecule has 0 spiro atoms. The molecule has 1 aromatic heterocycles. The summed E-state index contributed by atoms with van der Waals surface area (Å²) in [6.07, 6.45) is 3.53. The number of nitrogens with zero attached hydrogens (tertiary/aromatic N) is 3. The first-order chi connectivity index (χ1) is 12.5. The lowest BCUT2D eigenvalue weighted by Crippen LogP contribution is -2.28. The number of carbonyl (C=O) groups excluding carboxylic acids is 1. The Morgan fingerprint density at radius 1 is 1.38 bits per heavy atom. The number of aromatic nitrogens is 2. The lowest BCUT2D eigenvalue weighted by atomic mass is 10.2. The molecule has 0 radical (unpaired) electrons. The molecule has 0 atom stereocenters. The third-order valence-electron chi connectivity index (χ3n) is 3.93. The van der Waals surface area contributed by atoms with Crippen molar-refractivity contribution >= 4 is 29.3 Å². The van der Waals surface area contributed by atoms with Crippen LogP contribution in [0, 0.1) is 5.82 Å². The fourth-order valence-electron chi connectivity index (χ4n) is 2.39. The van der Waals surface area contributed by atoms with Crippen LogP contribution in [-0.2, 0) is 6.54 Å². The second-order valence-electron chi connectivity index (χ2n) is 5.83. The molecule has 2 rings (SSSR count). The molecule has 2 aromatic rings. The van der Waals surface area contributed by atoms with Crippen LogP contribution in [0.4, 0.5) is 16.2 Å². The first-order valence-electron chi connectivity index (χ1n) is 8.55. The van der Waals surface area contributed by atoms with Gasteiger partial charge in [-0.25, -0.2) is 9.37 Å². The zero-order valence-electron chi connectivity index (χ0n) is 14.9. The number of halogens is 2. The fraction of sp³-hybridized carbons (Fsp3) is 0.389. The molecule has 0 unspecified atom stereocenters. The smallest absolute Gasteiger partial charge is 0.256 e. The van der Waals surface area contributed by atoms with Gasteiger partial charge in [-0.15, -0.1) is 0 Å². The molecule has 140 valence electrons. The van der Waals surface area contributed by atoms with Gasteiger partial charge in [-0.05, 0) is 31.0 Å². The second-order valence-corrected chi connectivity index (χ2v) is 6.24. The van der Waals surface area contributed by atoms with E-state index in [4.69, 9.17) is 17.3 Å². The van der Waals surface area contributed by atoms with Crippen LogP contribution in [-0.4, -0.2) is 29.0 Å². The molecule has 0 saturated heterocycles. The summed E-state index contributed by atoms with van der Waals surface area (Å²) < 4.78 is 13.2. The van der Waals surface area contributed by atoms with Gasteiger partial charge in [0, 0.05) is 25.8 Å². The van der Waals surface area contributed by atoms with Gasteiger partial charge in [0.05, 0.1) is 10.6 Å². The number of anilines is 2. The van der Waals surface area contributed by atoms with E-state index in [1.165, 1.54) is 18.3 Å². The van der Waals surface area contributed by atoms with Gasteiger partial charge in [0.1, 0.15) is 11.6 Å². The molecule has 26 heavy (non-hydrogen) atoms. The number of benzene rings is 1. The Labute approximate surface area is 157 Å². The number of unbranched alkanes of at least 4 members (excludes halogenated alkanes) is 1. The Morgan fingerprint density at radius 3 is 2.77 bits per heavy atom. The summed E-state index contributed by atoms with van der Waals surface area (Å²) in [5, 5.41) is 2.72. The minimum Gasteiger partial charge on any atom is -0.383 e. The van der Waals surface area contributed by atoms with Crippen LogP contribution in [0.5, 0.6) is 0 Å². The van der Waals surface area contributed by atoms with Crippen LogP contribution < -0.4 is 16.0 Å². The van der Waals surface area contributed by atoms with Crippen molar-refractivity contribution in [2.75, 3.05) is 23.7 Å². The highest BCUT2D eigenvalue weighted by Gasteiger charge is 2.15. The van der Waals surface area contributed by atoms with E-state index in [1.807, 2.05) is 11.8 Å². The predicted octanol–water partition coefficient (Wildman–Crippen LogP) is 3.41. The van der Waals surface area contributed by atoms with Gasteiger partial charge in [0.15, 0.2) is 0 Å². The van der Waals surface area contributed by atoms with E-state index < -0.39 is 11.7 Å². The van der Waals surface area contributed by atoms with E-state index >= 15 is 0 Å². The molecule has 6 nitrogen and oxygen atoms in total. The molecule has 0 aliphatic heterocycles. The first kappa shape index (κ1) is 19.9. The molecular weight excluding hydrogens is 357 g/mol. The Hall–Kier alpha value is -2.41. The number of nitrogens with one attached hydrogen (secondary N) is 1. The lowest BCUT2D eigenvalue weighted by Gasteiger charge is -2.20. The van der Waals surface area contributed by atoms with Gasteiger partial charge in [0.2, 0.25) is 5.95 Å². The average Bonchev–Trinajstić information content (AvgIpc) is 2.63. The van der Waals surface area contributed by atoms with E-state index in [2.05, 4.69) is 22.2 Å². The molecule has 3 N–H and O–H groups in total. The van der Waals surface area contributed by atoms with Crippen molar-refractivity contribution in [3.8, 4) is 0 Å². The fourth-order valence-corrected chi connectivity index (χ4v) is 2.59. The third kappa shape index (κ3) is 5.05. The Bertz CT molecular complexity index is 771. The Morgan fingerprint density at radius 2 is 2.15 bits per heavy atom. The van der Waals surface area contributed by atoms with E-state index in [0.29, 0.717) is 11.5 Å². The molecular formula is C18H23ClFN5O. The van der Waals surface area contributed by atoms with Crippen molar-refractivity contribution in [3.05, 3.63) is 46.4 Å². The van der Waals surface area contributed by atoms with Gasteiger partial charge in [-0.1, -0.05) is 31.0 Å². The number of amides is 1. The number of hydrogen-bond donors (Lipinski definition) is 2. The van der Waals surface area contributed by atoms with Crippen molar-refractivity contribution in [3.63, 3.8) is 0 Å². The summed E-state index contributed by atoms with van der Waals surface area (Å²) in [7, 11) is 0. The molecule has 1 amide bonds. The highest BCUT2D eigenvalue weighted by atomic mass is 35.5. The number of hydrogen-bond acceptors (Lipinski definition) is 5. The topological polar surface area (TPSA) is 84.1 Å². The van der Waals surface area contributed by atoms with E-state index in [0.717, 1.165) is 25.9 Å². The van der Waals surface area contributed by atoms with Crippen LogP contribution in [0.25, 0.3) is 0 Å². The van der Waals surface area contributed by atoms with E-state index in [9.17, 15) is 9.18 Å². The number of carbonyl (C=O) groups is 1. The average molecular weight is 380 g/mol. The summed E-state index contributed by atoms with van der Waals surface area (Å²) in [6, 6.07) is 4.27. The molecule has 1 aromatic carbocycles. The standard InChI is InChI=1S/C18H23ClFN5O/c1-3-5-8-25(4-2)18-23-11-13(16(21)24-18)17(26)22-10-12-6-7-15(20)14(19)9-12/h6-7,9,11H,3-5,8,10H2,1-2H3,(H,22,26)(H2,21,23,24). The molecule has 8 heteroatoms. The van der Waals surface area contributed by atoms with Crippen molar-refractivity contribution in [2.24, 2.45) is 0 Å². The van der Waals surface area contributed by atoms with E-state index in [-0.39, 0.29) is 22.9 Å². The molecule has 0 bridgehead atoms. The minimum absolute atomic E-state index is 0.00989. The molecule has 0 aliphatic carbocycles. The van der Waals surface area contributed by atoms with E-state index in [1.54, 1.807) is 6.07 Å². The van der Waals surface area contributed by atoms with Gasteiger partial charge in [0.25, 0.3) is 5.91 Å². The third-order valence-corrected chi connectivity index (χ3v) is 4.22. The Balaban J connectivity index is 2.05. The van der Waals surface area contributed by atoms with Crippen LogP contribution in [0.1, 0.15) is 42.6 Å². The molecule has 0 aliphatic rings. The van der Waals surface area contributed by atoms with Gasteiger partial charge in [-0.3, -0.25) is 4.79 Å². The number of nitrogens with two attached hydrogens (primary N) is 1. The SMILES string of the molecule is CCCCN(CC)c1ncc(C(=O)NCc2ccc(F)c(Cl)c2)c(N)n1. The van der Waals surface area contributed by atoms with Crippen LogP contribution in [0.3, 0.4) is 0 Å². The first-order valence-corrected chi connectivity index (χ1v) is 8.93. The summed E-state index contributed by atoms with van der Waals surface area (Å²) >= 11 is 5.74. The van der Waals surface area contributed by atoms with Crippen molar-refractivity contribution < 1.29 is 9.18 Å². The number of rotatable bonds is 8. The molecule has 1 heterocycles. The van der Waals surface area contributed by atoms with Crippen LogP contribution >= 0.6 is 11.6 Å². The highest BCUT2D eigenvalue weighted by Crippen LogP contribution is 2.17. The van der Waals surface area contributed by atoms with Crippen LogP contribution in [0.15, 0.2) is 24.4 Å². The maximum atomic E-state index is 13.2. The van der Waals surface area contributed by atoms with Gasteiger partial charge in [-0.2, -0.15) is 4.98 Å². The minimum atomic E-state index is -0.501. The largest absolute Gasteiger partial charge is 0.383 e. The summed E-state index contributed by atoms with van der Waals surface area (Å²) in [5.41, 5.74) is 6.83. The molecule has 0 saturated carbocycles. The monoisotopic (exact) mass is 379 g/mol. The predicted molar refractivity (Wildman–Crippen MR) is 102 cm³/mol. The van der Waals surface area contributed by atoms with Crippen LogP contribution in [0.2, 0.25) is 5.02 Å². The summed E-state index contributed by atoms with van der Waals surface area (Å²) in [4.78, 5) is 22.9. The normalized spacial score (nSPS) is 10.6. The van der Waals surface area contributed by atoms with Crippen molar-refractivity contribution in [2.45, 2.75) is 33.2 Å². The molecule has 0 fully saturated rings. The quantitative estimate of drug-likeness (QED) is 0.734. The zero-order valence-corrected chi connectivity index (χ0v) is 15.7. The second kappa shape index (κ2) is 9.33. The lowest BCUT2D eigenvalue weighted by molar-refractivity contribution is 0.0951. The van der Waals surface area contributed by atoms with Crippen molar-refractivity contribution in [1.29, 1.82) is 0 Å². The summed E-state index contributed by atoms with van der Waals surface area (Å²) in [6.45, 7) is 5.92. The van der Waals surface area contributed by atoms with Gasteiger partial charge < -0.3 is 16.0 Å². The number of nitrogen functional groups attached to an aromatic ring is 1. The Kier molecular flexibility index (Phi) is 7.15. The maximum absolute atomic E-state index is 13.2. The highest BCUT2D eigenvalue weighted by molar-refractivity contribution is 6.30. The summed E-state index contributed by atoms with van der Waals surface area (Å²) in [5.74, 6) is -0.260. The maximum Gasteiger partial charge on any atom is 0.256 e. The zero-order chi connectivity index (χ0) is 19.1. The van der Waals surface area contributed by atoms with Crippen molar-refractivity contribution in [1.82, 2.24) is 15.3 Å².